The van der Waals surface area contributed by atoms with Gasteiger partial charge in [-0.3, -0.25) is 0 Å². The zero-order valence-electron chi connectivity index (χ0n) is 12.2. The molecular formula is C16H18O6. The second-order valence-corrected chi connectivity index (χ2v) is 5.25. The molecule has 2 heterocycles. The molecule has 1 aromatic carbocycles. The van der Waals surface area contributed by atoms with Crippen molar-refractivity contribution in [2.24, 2.45) is 0 Å². The van der Waals surface area contributed by atoms with Gasteiger partial charge in [0.1, 0.15) is 24.1 Å². The second kappa shape index (κ2) is 6.48. The van der Waals surface area contributed by atoms with E-state index in [1.54, 1.807) is 13.2 Å². The molecule has 2 saturated heterocycles. The van der Waals surface area contributed by atoms with E-state index in [1.807, 2.05) is 24.3 Å². The molecule has 0 aliphatic carbocycles. The largest absolute Gasteiger partial charge is 0.497 e. The van der Waals surface area contributed by atoms with Gasteiger partial charge in [0.15, 0.2) is 6.10 Å². The predicted molar refractivity (Wildman–Crippen MR) is 77.4 cm³/mol. The standard InChI is InChI=1S/C16H18O6/c1-19-11-5-2-10(3-6-11)4-7-14(18)22-13-9-21-15-12(17)8-20-16(13)15/h2-7,12-13,15-17H,8-9H2,1H3/b7-4+/t12-,13+,15?,16?/m0/s1. The summed E-state index contributed by atoms with van der Waals surface area (Å²) < 4.78 is 21.2. The van der Waals surface area contributed by atoms with E-state index in [-0.39, 0.29) is 19.3 Å². The van der Waals surface area contributed by atoms with E-state index < -0.39 is 24.3 Å². The van der Waals surface area contributed by atoms with Crippen LogP contribution < -0.4 is 4.74 Å². The Morgan fingerprint density at radius 3 is 2.68 bits per heavy atom. The number of aliphatic hydroxyl groups excluding tert-OH is 1. The molecule has 22 heavy (non-hydrogen) atoms. The first-order chi connectivity index (χ1) is 10.7. The number of benzene rings is 1. The topological polar surface area (TPSA) is 74.2 Å². The van der Waals surface area contributed by atoms with Crippen LogP contribution in [0.1, 0.15) is 5.56 Å². The molecule has 0 spiro atoms. The van der Waals surface area contributed by atoms with Gasteiger partial charge in [0.25, 0.3) is 0 Å². The van der Waals surface area contributed by atoms with Gasteiger partial charge in [-0.15, -0.1) is 0 Å². The lowest BCUT2D eigenvalue weighted by Crippen LogP contribution is -2.33. The van der Waals surface area contributed by atoms with Gasteiger partial charge in [0, 0.05) is 6.08 Å². The Bertz CT molecular complexity index is 552. The van der Waals surface area contributed by atoms with Crippen LogP contribution in [0.4, 0.5) is 0 Å². The van der Waals surface area contributed by atoms with E-state index >= 15 is 0 Å². The van der Waals surface area contributed by atoms with Gasteiger partial charge in [0.2, 0.25) is 0 Å². The van der Waals surface area contributed by atoms with Crippen molar-refractivity contribution in [2.75, 3.05) is 20.3 Å². The molecular weight excluding hydrogens is 288 g/mol. The van der Waals surface area contributed by atoms with Crippen LogP contribution in [0.25, 0.3) is 6.08 Å². The molecule has 2 unspecified atom stereocenters. The fourth-order valence-corrected chi connectivity index (χ4v) is 2.61. The van der Waals surface area contributed by atoms with Crippen LogP contribution in [0, 0.1) is 0 Å². The zero-order chi connectivity index (χ0) is 15.5. The molecule has 2 fully saturated rings. The molecule has 1 aromatic rings. The van der Waals surface area contributed by atoms with Crippen molar-refractivity contribution >= 4 is 12.0 Å². The molecule has 4 atom stereocenters. The van der Waals surface area contributed by atoms with Gasteiger partial charge in [-0.25, -0.2) is 4.79 Å². The maximum absolute atomic E-state index is 11.9. The van der Waals surface area contributed by atoms with Crippen molar-refractivity contribution in [1.29, 1.82) is 0 Å². The minimum atomic E-state index is -0.649. The van der Waals surface area contributed by atoms with E-state index in [2.05, 4.69) is 0 Å². The summed E-state index contributed by atoms with van der Waals surface area (Å²) in [5.41, 5.74) is 0.867. The molecule has 1 N–H and O–H groups in total. The number of carbonyl (C=O) groups excluding carboxylic acids is 1. The number of aliphatic hydroxyl groups is 1. The summed E-state index contributed by atoms with van der Waals surface area (Å²) in [7, 11) is 1.60. The summed E-state index contributed by atoms with van der Waals surface area (Å²) in [4.78, 5) is 11.9. The molecule has 2 aliphatic heterocycles. The van der Waals surface area contributed by atoms with Crippen molar-refractivity contribution in [1.82, 2.24) is 0 Å². The van der Waals surface area contributed by atoms with Crippen LogP contribution in [0.15, 0.2) is 30.3 Å². The Balaban J connectivity index is 1.55. The SMILES string of the molecule is COc1ccc(/C=C/C(=O)O[C@@H]2COC3C2OC[C@@H]3O)cc1. The molecule has 118 valence electrons. The van der Waals surface area contributed by atoms with Gasteiger partial charge in [-0.1, -0.05) is 12.1 Å². The van der Waals surface area contributed by atoms with Gasteiger partial charge >= 0.3 is 5.97 Å². The zero-order valence-corrected chi connectivity index (χ0v) is 12.2. The maximum Gasteiger partial charge on any atom is 0.331 e. The lowest BCUT2D eigenvalue weighted by Gasteiger charge is -2.15. The monoisotopic (exact) mass is 306 g/mol. The van der Waals surface area contributed by atoms with Crippen LogP contribution >= 0.6 is 0 Å². The lowest BCUT2D eigenvalue weighted by atomic mass is 10.1. The van der Waals surface area contributed by atoms with E-state index in [0.29, 0.717) is 0 Å². The van der Waals surface area contributed by atoms with E-state index in [0.717, 1.165) is 11.3 Å². The highest BCUT2D eigenvalue weighted by Crippen LogP contribution is 2.28. The third-order valence-electron chi connectivity index (χ3n) is 3.78. The molecule has 2 aliphatic rings. The predicted octanol–water partition coefficient (Wildman–Crippen LogP) is 0.779. The first-order valence-electron chi connectivity index (χ1n) is 7.11. The van der Waals surface area contributed by atoms with Gasteiger partial charge in [-0.05, 0) is 23.8 Å². The Kier molecular flexibility index (Phi) is 4.42. The van der Waals surface area contributed by atoms with Crippen molar-refractivity contribution in [3.63, 3.8) is 0 Å². The van der Waals surface area contributed by atoms with E-state index in [1.165, 1.54) is 6.08 Å². The number of methoxy groups -OCH3 is 1. The second-order valence-electron chi connectivity index (χ2n) is 5.25. The smallest absolute Gasteiger partial charge is 0.331 e. The van der Waals surface area contributed by atoms with Crippen LogP contribution in [-0.4, -0.2) is 55.8 Å². The summed E-state index contributed by atoms with van der Waals surface area (Å²) in [6, 6.07) is 7.31. The lowest BCUT2D eigenvalue weighted by molar-refractivity contribution is -0.147. The summed E-state index contributed by atoms with van der Waals surface area (Å²) in [5.74, 6) is 0.292. The number of ether oxygens (including phenoxy) is 4. The Morgan fingerprint density at radius 1 is 1.23 bits per heavy atom. The van der Waals surface area contributed by atoms with Crippen molar-refractivity contribution < 1.29 is 28.8 Å². The van der Waals surface area contributed by atoms with Crippen LogP contribution in [0.2, 0.25) is 0 Å². The molecule has 3 rings (SSSR count). The van der Waals surface area contributed by atoms with E-state index in [9.17, 15) is 9.90 Å². The van der Waals surface area contributed by atoms with Crippen molar-refractivity contribution in [2.45, 2.75) is 24.4 Å². The molecule has 0 bridgehead atoms. The highest BCUT2D eigenvalue weighted by Gasteiger charge is 2.48. The summed E-state index contributed by atoms with van der Waals surface area (Å²) >= 11 is 0. The summed E-state index contributed by atoms with van der Waals surface area (Å²) in [5, 5.41) is 9.63. The number of carbonyl (C=O) groups is 1. The van der Waals surface area contributed by atoms with Crippen LogP contribution in [0.3, 0.4) is 0 Å². The molecule has 0 radical (unpaired) electrons. The first kappa shape index (κ1) is 15.0. The summed E-state index contributed by atoms with van der Waals surface area (Å²) in [6.07, 6.45) is 1.12. The minimum Gasteiger partial charge on any atom is -0.497 e. The van der Waals surface area contributed by atoms with Gasteiger partial charge in [-0.2, -0.15) is 0 Å². The number of hydrogen-bond acceptors (Lipinski definition) is 6. The fraction of sp³-hybridized carbons (Fsp3) is 0.438. The molecule has 6 nitrogen and oxygen atoms in total. The third kappa shape index (κ3) is 3.14. The Morgan fingerprint density at radius 2 is 1.95 bits per heavy atom. The number of esters is 1. The fourth-order valence-electron chi connectivity index (χ4n) is 2.61. The normalized spacial score (nSPS) is 30.5. The average Bonchev–Trinajstić information content (AvgIpc) is 3.10. The molecule has 0 amide bonds. The minimum absolute atomic E-state index is 0.213. The Labute approximate surface area is 128 Å². The summed E-state index contributed by atoms with van der Waals surface area (Å²) in [6.45, 7) is 0.458. The maximum atomic E-state index is 11.9. The highest BCUT2D eigenvalue weighted by atomic mass is 16.6. The molecule has 0 saturated carbocycles. The first-order valence-corrected chi connectivity index (χ1v) is 7.11. The molecule has 6 heteroatoms. The third-order valence-corrected chi connectivity index (χ3v) is 3.78. The quantitative estimate of drug-likeness (QED) is 0.654. The number of hydrogen-bond donors (Lipinski definition) is 1. The number of rotatable bonds is 4. The highest BCUT2D eigenvalue weighted by molar-refractivity contribution is 5.87. The van der Waals surface area contributed by atoms with Gasteiger partial charge in [0.05, 0.1) is 20.3 Å². The van der Waals surface area contributed by atoms with Crippen LogP contribution in [0.5, 0.6) is 5.75 Å². The molecule has 0 aromatic heterocycles. The average molecular weight is 306 g/mol. The van der Waals surface area contributed by atoms with E-state index in [4.69, 9.17) is 18.9 Å². The van der Waals surface area contributed by atoms with Crippen LogP contribution in [-0.2, 0) is 19.0 Å². The number of fused-ring (bicyclic) bond motifs is 1. The van der Waals surface area contributed by atoms with Gasteiger partial charge < -0.3 is 24.1 Å². The van der Waals surface area contributed by atoms with Crippen molar-refractivity contribution in [3.8, 4) is 5.75 Å². The van der Waals surface area contributed by atoms with Crippen molar-refractivity contribution in [3.05, 3.63) is 35.9 Å². The Hall–Kier alpha value is -1.89.